The van der Waals surface area contributed by atoms with Crippen molar-refractivity contribution in [3.05, 3.63) is 28.8 Å². The molecule has 1 aliphatic heterocycles. The number of hydrogen-bond acceptors (Lipinski definition) is 3. The van der Waals surface area contributed by atoms with E-state index in [9.17, 15) is 9.59 Å². The van der Waals surface area contributed by atoms with Crippen LogP contribution in [0.25, 0.3) is 0 Å². The molecule has 2 bridgehead atoms. The number of aryl methyl sites for hydroxylation is 1. The van der Waals surface area contributed by atoms with Gasteiger partial charge in [0.1, 0.15) is 0 Å². The average Bonchev–Trinajstić information content (AvgIpc) is 2.73. The van der Waals surface area contributed by atoms with Gasteiger partial charge in [0.25, 0.3) is 5.91 Å². The van der Waals surface area contributed by atoms with Crippen LogP contribution in [-0.2, 0) is 14.3 Å². The Labute approximate surface area is 135 Å². The van der Waals surface area contributed by atoms with Crippen molar-refractivity contribution < 1.29 is 14.3 Å². The maximum Gasteiger partial charge on any atom is 0.313 e. The highest BCUT2D eigenvalue weighted by atomic mass is 35.5. The second kappa shape index (κ2) is 4.48. The summed E-state index contributed by atoms with van der Waals surface area (Å²) in [5, 5.41) is 3.46. The first kappa shape index (κ1) is 15.3. The standard InChI is InChI=1S/C17H20ClNO3/c1-10-5-6-11(9-12(10)18)19-13(20)17-8-7-16(4,14(21)22-17)15(17,2)3/h5-6,9H,7-8H2,1-4H3,(H,19,20)/t16-,17-/m1/s1. The summed E-state index contributed by atoms with van der Waals surface area (Å²) < 4.78 is 5.57. The van der Waals surface area contributed by atoms with E-state index >= 15 is 0 Å². The molecular weight excluding hydrogens is 302 g/mol. The summed E-state index contributed by atoms with van der Waals surface area (Å²) in [6.45, 7) is 7.66. The molecule has 1 aromatic carbocycles. The van der Waals surface area contributed by atoms with Crippen molar-refractivity contribution in [3.8, 4) is 0 Å². The molecule has 4 nitrogen and oxygen atoms in total. The third kappa shape index (κ3) is 1.70. The van der Waals surface area contributed by atoms with Crippen molar-refractivity contribution in [1.82, 2.24) is 0 Å². The van der Waals surface area contributed by atoms with Crippen LogP contribution in [0.15, 0.2) is 18.2 Å². The van der Waals surface area contributed by atoms with Crippen LogP contribution in [0.4, 0.5) is 5.69 Å². The Balaban J connectivity index is 1.92. The van der Waals surface area contributed by atoms with Crippen LogP contribution < -0.4 is 5.32 Å². The number of anilines is 1. The van der Waals surface area contributed by atoms with Crippen LogP contribution in [0, 0.1) is 17.8 Å². The number of rotatable bonds is 2. The van der Waals surface area contributed by atoms with E-state index in [1.54, 1.807) is 12.1 Å². The molecule has 1 heterocycles. The zero-order chi connectivity index (χ0) is 16.3. The fraction of sp³-hybridized carbons (Fsp3) is 0.529. The van der Waals surface area contributed by atoms with Crippen LogP contribution in [-0.4, -0.2) is 17.5 Å². The second-order valence-electron chi connectivity index (χ2n) is 7.09. The van der Waals surface area contributed by atoms with Crippen LogP contribution in [0.5, 0.6) is 0 Å². The van der Waals surface area contributed by atoms with Gasteiger partial charge in [-0.1, -0.05) is 31.5 Å². The van der Waals surface area contributed by atoms with Gasteiger partial charge in [0, 0.05) is 16.1 Å². The molecule has 5 heteroatoms. The summed E-state index contributed by atoms with van der Waals surface area (Å²) in [4.78, 5) is 25.1. The van der Waals surface area contributed by atoms with Crippen LogP contribution in [0.3, 0.4) is 0 Å². The van der Waals surface area contributed by atoms with Crippen molar-refractivity contribution >= 4 is 29.2 Å². The molecule has 22 heavy (non-hydrogen) atoms. The van der Waals surface area contributed by atoms with E-state index in [-0.39, 0.29) is 11.9 Å². The van der Waals surface area contributed by atoms with Crippen molar-refractivity contribution in [3.63, 3.8) is 0 Å². The Morgan fingerprint density at radius 1 is 1.27 bits per heavy atom. The second-order valence-corrected chi connectivity index (χ2v) is 7.50. The van der Waals surface area contributed by atoms with Gasteiger partial charge in [0.15, 0.2) is 5.60 Å². The summed E-state index contributed by atoms with van der Waals surface area (Å²) in [5.74, 6) is -0.548. The van der Waals surface area contributed by atoms with Crippen molar-refractivity contribution in [2.24, 2.45) is 10.8 Å². The lowest BCUT2D eigenvalue weighted by Gasteiger charge is -2.35. The van der Waals surface area contributed by atoms with Crippen molar-refractivity contribution in [2.75, 3.05) is 5.32 Å². The number of nitrogens with one attached hydrogen (secondary N) is 1. The van der Waals surface area contributed by atoms with Gasteiger partial charge < -0.3 is 10.1 Å². The van der Waals surface area contributed by atoms with Gasteiger partial charge in [0.05, 0.1) is 5.41 Å². The molecule has 1 N–H and O–H groups in total. The molecule has 2 fully saturated rings. The molecule has 2 atom stereocenters. The Kier molecular flexibility index (Phi) is 3.12. The van der Waals surface area contributed by atoms with E-state index in [4.69, 9.17) is 16.3 Å². The Morgan fingerprint density at radius 3 is 2.45 bits per heavy atom. The van der Waals surface area contributed by atoms with E-state index < -0.39 is 16.4 Å². The molecule has 1 saturated heterocycles. The zero-order valence-electron chi connectivity index (χ0n) is 13.2. The highest BCUT2D eigenvalue weighted by Crippen LogP contribution is 2.65. The molecular formula is C17H20ClNO3. The SMILES string of the molecule is Cc1ccc(NC(=O)[C@@]23CC[C@](C)(C(=O)O2)C3(C)C)cc1Cl. The van der Waals surface area contributed by atoms with Crippen molar-refractivity contribution in [1.29, 1.82) is 0 Å². The fourth-order valence-corrected chi connectivity index (χ4v) is 3.83. The maximum absolute atomic E-state index is 12.9. The molecule has 0 unspecified atom stereocenters. The highest BCUT2D eigenvalue weighted by molar-refractivity contribution is 6.31. The minimum atomic E-state index is -1.10. The average molecular weight is 322 g/mol. The van der Waals surface area contributed by atoms with E-state index in [0.717, 1.165) is 5.56 Å². The molecule has 2 aliphatic rings. The fourth-order valence-electron chi connectivity index (χ4n) is 3.65. The molecule has 118 valence electrons. The van der Waals surface area contributed by atoms with Crippen molar-refractivity contribution in [2.45, 2.75) is 46.1 Å². The third-order valence-corrected chi connectivity index (χ3v) is 6.29. The number of fused-ring (bicyclic) bond motifs is 2. The number of hydrogen-bond donors (Lipinski definition) is 1. The van der Waals surface area contributed by atoms with Gasteiger partial charge in [-0.2, -0.15) is 0 Å². The monoisotopic (exact) mass is 321 g/mol. The quantitative estimate of drug-likeness (QED) is 0.845. The predicted molar refractivity (Wildman–Crippen MR) is 84.8 cm³/mol. The zero-order valence-corrected chi connectivity index (χ0v) is 14.0. The van der Waals surface area contributed by atoms with Crippen LogP contribution in [0.1, 0.15) is 39.2 Å². The lowest BCUT2D eigenvalue weighted by Crippen LogP contribution is -2.50. The Bertz CT molecular complexity index is 684. The minimum Gasteiger partial charge on any atom is -0.448 e. The normalized spacial score (nSPS) is 32.0. The maximum atomic E-state index is 12.9. The first-order chi connectivity index (χ1) is 10.1. The van der Waals surface area contributed by atoms with Gasteiger partial charge in [0.2, 0.25) is 0 Å². The third-order valence-electron chi connectivity index (χ3n) is 5.88. The molecule has 1 saturated carbocycles. The highest BCUT2D eigenvalue weighted by Gasteiger charge is 2.75. The predicted octanol–water partition coefficient (Wildman–Crippen LogP) is 3.71. The summed E-state index contributed by atoms with van der Waals surface area (Å²) in [5.41, 5.74) is -0.692. The first-order valence-corrected chi connectivity index (χ1v) is 7.83. The topological polar surface area (TPSA) is 55.4 Å². The Hall–Kier alpha value is -1.55. The molecule has 0 radical (unpaired) electrons. The van der Waals surface area contributed by atoms with Crippen LogP contribution in [0.2, 0.25) is 5.02 Å². The number of amides is 1. The van der Waals surface area contributed by atoms with E-state index in [1.165, 1.54) is 0 Å². The van der Waals surface area contributed by atoms with Crippen LogP contribution >= 0.6 is 11.6 Å². The summed E-state index contributed by atoms with van der Waals surface area (Å²) in [6.07, 6.45) is 1.22. The van der Waals surface area contributed by atoms with Gasteiger partial charge in [-0.05, 0) is 44.4 Å². The summed E-state index contributed by atoms with van der Waals surface area (Å²) >= 11 is 6.10. The molecule has 1 aromatic rings. The number of carbonyl (C=O) groups is 2. The van der Waals surface area contributed by atoms with E-state index in [0.29, 0.717) is 23.6 Å². The van der Waals surface area contributed by atoms with E-state index in [1.807, 2.05) is 33.8 Å². The van der Waals surface area contributed by atoms with Gasteiger partial charge >= 0.3 is 5.97 Å². The number of benzene rings is 1. The van der Waals surface area contributed by atoms with Gasteiger partial charge in [-0.3, -0.25) is 9.59 Å². The molecule has 1 amide bonds. The largest absolute Gasteiger partial charge is 0.448 e. The minimum absolute atomic E-state index is 0.271. The van der Waals surface area contributed by atoms with E-state index in [2.05, 4.69) is 5.32 Å². The number of carbonyl (C=O) groups excluding carboxylic acids is 2. The Morgan fingerprint density at radius 2 is 1.95 bits per heavy atom. The smallest absolute Gasteiger partial charge is 0.313 e. The lowest BCUT2D eigenvalue weighted by atomic mass is 9.66. The van der Waals surface area contributed by atoms with Gasteiger partial charge in [-0.25, -0.2) is 0 Å². The van der Waals surface area contributed by atoms with Gasteiger partial charge in [-0.15, -0.1) is 0 Å². The lowest BCUT2D eigenvalue weighted by molar-refractivity contribution is -0.165. The number of ether oxygens (including phenoxy) is 1. The molecule has 0 aromatic heterocycles. The first-order valence-electron chi connectivity index (χ1n) is 7.45. The molecule has 0 spiro atoms. The summed E-state index contributed by atoms with van der Waals surface area (Å²) in [7, 11) is 0. The number of halogens is 1. The molecule has 3 rings (SSSR count). The number of esters is 1. The molecule has 1 aliphatic carbocycles. The summed E-state index contributed by atoms with van der Waals surface area (Å²) in [6, 6.07) is 5.36.